The molecule has 0 saturated heterocycles. The van der Waals surface area contributed by atoms with Crippen LogP contribution in [0, 0.1) is 11.8 Å². The van der Waals surface area contributed by atoms with Crippen LogP contribution in [0.4, 0.5) is 0 Å². The summed E-state index contributed by atoms with van der Waals surface area (Å²) in [5.74, 6) is 3.54. The zero-order valence-electron chi connectivity index (χ0n) is 10.5. The summed E-state index contributed by atoms with van der Waals surface area (Å²) in [4.78, 5) is 4.46. The highest BCUT2D eigenvalue weighted by atomic mass is 15.2. The normalized spacial score (nSPS) is 32.0. The molecule has 2 N–H and O–H groups in total. The maximum Gasteiger partial charge on any atom is 0.191 e. The third-order valence-corrected chi connectivity index (χ3v) is 4.60. The number of hydrogen-bond donors (Lipinski definition) is 2. The van der Waals surface area contributed by atoms with Gasteiger partial charge in [-0.15, -0.1) is 0 Å². The molecule has 2 aliphatic carbocycles. The molecular formula is C15H19N3. The summed E-state index contributed by atoms with van der Waals surface area (Å²) in [5, 5.41) is 6.81. The predicted molar refractivity (Wildman–Crippen MR) is 72.8 cm³/mol. The van der Waals surface area contributed by atoms with Gasteiger partial charge in [0.25, 0.3) is 0 Å². The van der Waals surface area contributed by atoms with E-state index in [-0.39, 0.29) is 0 Å². The molecule has 3 aliphatic rings. The van der Waals surface area contributed by atoms with E-state index in [0.29, 0.717) is 0 Å². The van der Waals surface area contributed by atoms with Crippen LogP contribution in [-0.4, -0.2) is 25.6 Å². The zero-order valence-corrected chi connectivity index (χ0v) is 10.5. The first kappa shape index (κ1) is 10.4. The van der Waals surface area contributed by atoms with E-state index in [9.17, 15) is 0 Å². The first-order valence-corrected chi connectivity index (χ1v) is 7.03. The molecular weight excluding hydrogens is 222 g/mol. The van der Waals surface area contributed by atoms with E-state index in [4.69, 9.17) is 0 Å². The highest BCUT2D eigenvalue weighted by molar-refractivity contribution is 5.80. The van der Waals surface area contributed by atoms with E-state index in [2.05, 4.69) is 39.9 Å². The number of nitrogens with zero attached hydrogens (tertiary/aromatic N) is 1. The molecule has 3 atom stereocenters. The van der Waals surface area contributed by atoms with Crippen molar-refractivity contribution < 1.29 is 0 Å². The van der Waals surface area contributed by atoms with Crippen LogP contribution in [0.15, 0.2) is 29.3 Å². The average molecular weight is 241 g/mol. The Hall–Kier alpha value is -1.51. The standard InChI is InChI=1S/C15H19N3/c1-2-5-11-10(4-1)8-12-13(14(11)12)9-18-15-16-6-3-7-17-15/h1-2,4-5,12-14H,3,6-9H2,(H2,16,17,18). The third kappa shape index (κ3) is 1.61. The van der Waals surface area contributed by atoms with Crippen LogP contribution in [0.1, 0.15) is 23.5 Å². The van der Waals surface area contributed by atoms with Crippen LogP contribution in [0.3, 0.4) is 0 Å². The molecule has 3 unspecified atom stereocenters. The predicted octanol–water partition coefficient (Wildman–Crippen LogP) is 1.51. The molecule has 0 spiro atoms. The highest BCUT2D eigenvalue weighted by Gasteiger charge is 2.54. The van der Waals surface area contributed by atoms with Gasteiger partial charge in [-0.1, -0.05) is 24.3 Å². The second-order valence-electron chi connectivity index (χ2n) is 5.65. The van der Waals surface area contributed by atoms with Gasteiger partial charge in [-0.2, -0.15) is 0 Å². The summed E-state index contributed by atoms with van der Waals surface area (Å²) in [6.45, 7) is 3.11. The monoisotopic (exact) mass is 241 g/mol. The van der Waals surface area contributed by atoms with Crippen molar-refractivity contribution in [3.8, 4) is 0 Å². The lowest BCUT2D eigenvalue weighted by Gasteiger charge is -2.16. The summed E-state index contributed by atoms with van der Waals surface area (Å²) < 4.78 is 0. The molecule has 0 amide bonds. The quantitative estimate of drug-likeness (QED) is 0.823. The number of nitrogens with one attached hydrogen (secondary N) is 2. The SMILES string of the molecule is c1ccc2c(c1)CC1C(CNC3=NCCCN3)C21. The van der Waals surface area contributed by atoms with E-state index < -0.39 is 0 Å². The van der Waals surface area contributed by atoms with Gasteiger partial charge in [0.15, 0.2) is 5.96 Å². The van der Waals surface area contributed by atoms with Gasteiger partial charge in [0, 0.05) is 19.6 Å². The topological polar surface area (TPSA) is 36.4 Å². The molecule has 1 saturated carbocycles. The third-order valence-electron chi connectivity index (χ3n) is 4.60. The Kier molecular flexibility index (Phi) is 2.32. The number of benzene rings is 1. The lowest BCUT2D eigenvalue weighted by molar-refractivity contribution is 0.637. The molecule has 3 nitrogen and oxygen atoms in total. The molecule has 1 aliphatic heterocycles. The Morgan fingerprint density at radius 3 is 3.17 bits per heavy atom. The summed E-state index contributed by atoms with van der Waals surface area (Å²) in [7, 11) is 0. The van der Waals surface area contributed by atoms with Gasteiger partial charge < -0.3 is 10.6 Å². The Bertz CT molecular complexity index is 494. The second kappa shape index (κ2) is 4.01. The fourth-order valence-electron chi connectivity index (χ4n) is 3.63. The lowest BCUT2D eigenvalue weighted by atomic mass is 10.0. The number of fused-ring (bicyclic) bond motifs is 3. The van der Waals surface area contributed by atoms with Crippen LogP contribution >= 0.6 is 0 Å². The van der Waals surface area contributed by atoms with E-state index in [1.54, 1.807) is 11.1 Å². The molecule has 1 fully saturated rings. The van der Waals surface area contributed by atoms with E-state index in [0.717, 1.165) is 49.8 Å². The van der Waals surface area contributed by atoms with E-state index >= 15 is 0 Å². The second-order valence-corrected chi connectivity index (χ2v) is 5.65. The van der Waals surface area contributed by atoms with Gasteiger partial charge >= 0.3 is 0 Å². The van der Waals surface area contributed by atoms with Crippen molar-refractivity contribution in [1.82, 2.24) is 10.6 Å². The van der Waals surface area contributed by atoms with Crippen LogP contribution in [0.2, 0.25) is 0 Å². The molecule has 1 heterocycles. The fraction of sp³-hybridized carbons (Fsp3) is 0.533. The van der Waals surface area contributed by atoms with Crippen molar-refractivity contribution in [3.05, 3.63) is 35.4 Å². The van der Waals surface area contributed by atoms with Crippen molar-refractivity contribution in [1.29, 1.82) is 0 Å². The molecule has 94 valence electrons. The molecule has 4 rings (SSSR count). The summed E-state index contributed by atoms with van der Waals surface area (Å²) in [6.07, 6.45) is 2.44. The zero-order chi connectivity index (χ0) is 11.9. The number of aliphatic imine (C=N–C) groups is 1. The van der Waals surface area contributed by atoms with Crippen LogP contribution in [0.5, 0.6) is 0 Å². The van der Waals surface area contributed by atoms with E-state index in [1.165, 1.54) is 6.42 Å². The molecule has 3 heteroatoms. The molecule has 1 aromatic rings. The summed E-state index contributed by atoms with van der Waals surface area (Å²) in [5.41, 5.74) is 3.18. The van der Waals surface area contributed by atoms with Gasteiger partial charge in [-0.25, -0.2) is 0 Å². The largest absolute Gasteiger partial charge is 0.356 e. The first-order valence-electron chi connectivity index (χ1n) is 7.03. The minimum Gasteiger partial charge on any atom is -0.356 e. The fourth-order valence-corrected chi connectivity index (χ4v) is 3.63. The smallest absolute Gasteiger partial charge is 0.191 e. The average Bonchev–Trinajstić information content (AvgIpc) is 2.97. The van der Waals surface area contributed by atoms with Crippen molar-refractivity contribution in [2.45, 2.75) is 18.8 Å². The Morgan fingerprint density at radius 2 is 2.28 bits per heavy atom. The first-order chi connectivity index (χ1) is 8.93. The Labute approximate surface area is 108 Å². The van der Waals surface area contributed by atoms with Gasteiger partial charge in [0.2, 0.25) is 0 Å². The minimum absolute atomic E-state index is 0.817. The van der Waals surface area contributed by atoms with Crippen molar-refractivity contribution in [3.63, 3.8) is 0 Å². The number of rotatable bonds is 2. The number of hydrogen-bond acceptors (Lipinski definition) is 3. The molecule has 0 bridgehead atoms. The Morgan fingerprint density at radius 1 is 1.33 bits per heavy atom. The van der Waals surface area contributed by atoms with Crippen LogP contribution in [0.25, 0.3) is 0 Å². The lowest BCUT2D eigenvalue weighted by Crippen LogP contribution is -2.41. The Balaban J connectivity index is 1.39. The van der Waals surface area contributed by atoms with Gasteiger partial charge in [0.1, 0.15) is 0 Å². The van der Waals surface area contributed by atoms with Crippen molar-refractivity contribution in [2.75, 3.05) is 19.6 Å². The van der Waals surface area contributed by atoms with Gasteiger partial charge in [0.05, 0.1) is 0 Å². The maximum atomic E-state index is 4.46. The maximum absolute atomic E-state index is 4.46. The summed E-state index contributed by atoms with van der Waals surface area (Å²) >= 11 is 0. The van der Waals surface area contributed by atoms with Crippen LogP contribution < -0.4 is 10.6 Å². The van der Waals surface area contributed by atoms with Crippen molar-refractivity contribution in [2.24, 2.45) is 16.8 Å². The molecule has 0 aromatic heterocycles. The summed E-state index contributed by atoms with van der Waals surface area (Å²) in [6, 6.07) is 8.95. The van der Waals surface area contributed by atoms with Gasteiger partial charge in [-0.05, 0) is 41.7 Å². The van der Waals surface area contributed by atoms with Crippen LogP contribution in [-0.2, 0) is 6.42 Å². The molecule has 1 aromatic carbocycles. The van der Waals surface area contributed by atoms with E-state index in [1.807, 2.05) is 0 Å². The van der Waals surface area contributed by atoms with Crippen molar-refractivity contribution >= 4 is 5.96 Å². The van der Waals surface area contributed by atoms with Gasteiger partial charge in [-0.3, -0.25) is 4.99 Å². The minimum atomic E-state index is 0.817. The highest BCUT2D eigenvalue weighted by Crippen LogP contribution is 2.60. The number of guanidine groups is 1. The molecule has 18 heavy (non-hydrogen) atoms. The molecule has 0 radical (unpaired) electrons.